The third-order valence-electron chi connectivity index (χ3n) is 5.30. The summed E-state index contributed by atoms with van der Waals surface area (Å²) in [6.07, 6.45) is 4.23. The van der Waals surface area contributed by atoms with E-state index in [0.717, 1.165) is 29.4 Å². The summed E-state index contributed by atoms with van der Waals surface area (Å²) in [6.45, 7) is 0. The topological polar surface area (TPSA) is 38.0 Å². The number of anilines is 1. The molecule has 3 saturated carbocycles. The summed E-state index contributed by atoms with van der Waals surface area (Å²) in [7, 11) is 0. The summed E-state index contributed by atoms with van der Waals surface area (Å²) in [4.78, 5) is 0.260. The molecule has 0 aliphatic heterocycles. The molecule has 1 aromatic rings. The van der Waals surface area contributed by atoms with E-state index < -0.39 is 0 Å². The lowest BCUT2D eigenvalue weighted by Gasteiger charge is -2.14. The standard InChI is InChI=1S/C15H17FN2S/c16-9-3-4-11(10(6-9)15(17)19)18-14-12-7-1-2-8(5-7)13(12)14/h3-4,6-8,12-14,18H,1-2,5H2,(H2,17,19). The Hall–Kier alpha value is -1.16. The van der Waals surface area contributed by atoms with Gasteiger partial charge in [0, 0.05) is 17.3 Å². The summed E-state index contributed by atoms with van der Waals surface area (Å²) >= 11 is 5.01. The molecule has 4 heteroatoms. The van der Waals surface area contributed by atoms with Gasteiger partial charge in [0.1, 0.15) is 10.8 Å². The predicted octanol–water partition coefficient (Wildman–Crippen LogP) is 2.92. The van der Waals surface area contributed by atoms with E-state index in [1.807, 2.05) is 0 Å². The molecule has 0 spiro atoms. The van der Waals surface area contributed by atoms with Crippen molar-refractivity contribution in [3.63, 3.8) is 0 Å². The lowest BCUT2D eigenvalue weighted by molar-refractivity contribution is 0.456. The molecule has 1 aromatic carbocycles. The Labute approximate surface area is 117 Å². The average molecular weight is 276 g/mol. The first kappa shape index (κ1) is 11.6. The van der Waals surface area contributed by atoms with Gasteiger partial charge in [0.2, 0.25) is 0 Å². The van der Waals surface area contributed by atoms with E-state index >= 15 is 0 Å². The summed E-state index contributed by atoms with van der Waals surface area (Å²) in [5.74, 6) is 3.22. The molecule has 2 nitrogen and oxygen atoms in total. The Morgan fingerprint density at radius 2 is 1.95 bits per heavy atom. The fraction of sp³-hybridized carbons (Fsp3) is 0.533. The average Bonchev–Trinajstić information content (AvgIpc) is 2.79. The molecular weight excluding hydrogens is 259 g/mol. The van der Waals surface area contributed by atoms with Crippen molar-refractivity contribution in [3.8, 4) is 0 Å². The van der Waals surface area contributed by atoms with Gasteiger partial charge in [0.25, 0.3) is 0 Å². The normalized spacial score (nSPS) is 38.1. The van der Waals surface area contributed by atoms with Crippen LogP contribution in [0.5, 0.6) is 0 Å². The van der Waals surface area contributed by atoms with Crippen LogP contribution in [0.2, 0.25) is 0 Å². The van der Waals surface area contributed by atoms with E-state index in [1.165, 1.54) is 31.4 Å². The van der Waals surface area contributed by atoms with Gasteiger partial charge in [-0.2, -0.15) is 0 Å². The molecule has 3 aliphatic carbocycles. The van der Waals surface area contributed by atoms with E-state index in [4.69, 9.17) is 18.0 Å². The molecule has 4 unspecified atom stereocenters. The molecule has 0 heterocycles. The van der Waals surface area contributed by atoms with Gasteiger partial charge in [-0.15, -0.1) is 0 Å². The molecule has 0 radical (unpaired) electrons. The molecule has 19 heavy (non-hydrogen) atoms. The number of rotatable bonds is 3. The zero-order chi connectivity index (χ0) is 13.1. The molecular formula is C15H17FN2S. The van der Waals surface area contributed by atoms with Crippen molar-refractivity contribution in [3.05, 3.63) is 29.6 Å². The largest absolute Gasteiger partial charge is 0.389 e. The zero-order valence-corrected chi connectivity index (χ0v) is 11.4. The van der Waals surface area contributed by atoms with Gasteiger partial charge in [0.15, 0.2) is 0 Å². The fourth-order valence-electron chi connectivity index (χ4n) is 4.54. The van der Waals surface area contributed by atoms with E-state index in [1.54, 1.807) is 6.07 Å². The Morgan fingerprint density at radius 3 is 2.58 bits per heavy atom. The van der Waals surface area contributed by atoms with Crippen LogP contribution in [0, 0.1) is 29.5 Å². The number of thiocarbonyl (C=S) groups is 1. The SMILES string of the molecule is NC(=S)c1cc(F)ccc1NC1C2C3CCC(C3)C12. The third-order valence-corrected chi connectivity index (χ3v) is 5.52. The fourth-order valence-corrected chi connectivity index (χ4v) is 4.71. The lowest BCUT2D eigenvalue weighted by Crippen LogP contribution is -2.18. The van der Waals surface area contributed by atoms with E-state index in [-0.39, 0.29) is 10.8 Å². The highest BCUT2D eigenvalue weighted by atomic mass is 32.1. The minimum atomic E-state index is -0.288. The Kier molecular flexibility index (Phi) is 2.40. The van der Waals surface area contributed by atoms with Crippen LogP contribution in [0.3, 0.4) is 0 Å². The van der Waals surface area contributed by atoms with Gasteiger partial charge >= 0.3 is 0 Å². The first-order valence-electron chi connectivity index (χ1n) is 7.01. The highest BCUT2D eigenvalue weighted by molar-refractivity contribution is 7.80. The van der Waals surface area contributed by atoms with E-state index in [9.17, 15) is 4.39 Å². The van der Waals surface area contributed by atoms with Crippen molar-refractivity contribution < 1.29 is 4.39 Å². The van der Waals surface area contributed by atoms with Crippen molar-refractivity contribution in [1.29, 1.82) is 0 Å². The second-order valence-electron chi connectivity index (χ2n) is 6.21. The van der Waals surface area contributed by atoms with Crippen molar-refractivity contribution in [2.75, 3.05) is 5.32 Å². The second kappa shape index (κ2) is 3.92. The Morgan fingerprint density at radius 1 is 1.26 bits per heavy atom. The summed E-state index contributed by atoms with van der Waals surface area (Å²) < 4.78 is 13.3. The maximum Gasteiger partial charge on any atom is 0.124 e. The minimum absolute atomic E-state index is 0.260. The Balaban J connectivity index is 1.57. The van der Waals surface area contributed by atoms with E-state index in [0.29, 0.717) is 11.6 Å². The lowest BCUT2D eigenvalue weighted by atomic mass is 10.0. The molecule has 0 amide bonds. The molecule has 3 N–H and O–H groups in total. The molecule has 0 saturated heterocycles. The maximum absolute atomic E-state index is 13.3. The van der Waals surface area contributed by atoms with Crippen molar-refractivity contribution >= 4 is 22.9 Å². The number of halogens is 1. The smallest absolute Gasteiger partial charge is 0.124 e. The predicted molar refractivity (Wildman–Crippen MR) is 77.5 cm³/mol. The number of fused-ring (bicyclic) bond motifs is 5. The van der Waals surface area contributed by atoms with Crippen LogP contribution in [-0.2, 0) is 0 Å². The van der Waals surface area contributed by atoms with Crippen molar-refractivity contribution in [2.45, 2.75) is 25.3 Å². The van der Waals surface area contributed by atoms with E-state index in [2.05, 4.69) is 5.32 Å². The molecule has 4 atom stereocenters. The number of nitrogens with two attached hydrogens (primary N) is 1. The zero-order valence-electron chi connectivity index (χ0n) is 10.6. The molecule has 0 aromatic heterocycles. The third kappa shape index (κ3) is 1.69. The van der Waals surface area contributed by atoms with Gasteiger partial charge in [-0.1, -0.05) is 12.2 Å². The maximum atomic E-state index is 13.3. The van der Waals surface area contributed by atoms with Crippen LogP contribution in [0.25, 0.3) is 0 Å². The highest BCUT2D eigenvalue weighted by Gasteiger charge is 2.65. The van der Waals surface area contributed by atoms with Crippen LogP contribution >= 0.6 is 12.2 Å². The summed E-state index contributed by atoms with van der Waals surface area (Å²) in [6, 6.07) is 5.22. The molecule has 3 fully saturated rings. The quantitative estimate of drug-likeness (QED) is 0.834. The first-order chi connectivity index (χ1) is 9.15. The van der Waals surface area contributed by atoms with Crippen molar-refractivity contribution in [2.24, 2.45) is 29.4 Å². The summed E-state index contributed by atoms with van der Waals surface area (Å²) in [5, 5.41) is 3.56. The number of benzene rings is 1. The highest BCUT2D eigenvalue weighted by Crippen LogP contribution is 2.66. The van der Waals surface area contributed by atoms with Crippen LogP contribution in [0.15, 0.2) is 18.2 Å². The van der Waals surface area contributed by atoms with Gasteiger partial charge in [-0.3, -0.25) is 0 Å². The monoisotopic (exact) mass is 276 g/mol. The first-order valence-corrected chi connectivity index (χ1v) is 7.42. The minimum Gasteiger partial charge on any atom is -0.389 e. The second-order valence-corrected chi connectivity index (χ2v) is 6.65. The van der Waals surface area contributed by atoms with Gasteiger partial charge in [-0.25, -0.2) is 4.39 Å². The van der Waals surface area contributed by atoms with Crippen LogP contribution in [-0.4, -0.2) is 11.0 Å². The number of nitrogens with one attached hydrogen (secondary N) is 1. The van der Waals surface area contributed by atoms with Crippen LogP contribution in [0.4, 0.5) is 10.1 Å². The van der Waals surface area contributed by atoms with Gasteiger partial charge < -0.3 is 11.1 Å². The van der Waals surface area contributed by atoms with Gasteiger partial charge in [0.05, 0.1) is 0 Å². The number of hydrogen-bond acceptors (Lipinski definition) is 2. The summed E-state index contributed by atoms with van der Waals surface area (Å²) in [5.41, 5.74) is 7.21. The van der Waals surface area contributed by atoms with Crippen LogP contribution in [0.1, 0.15) is 24.8 Å². The van der Waals surface area contributed by atoms with Crippen molar-refractivity contribution in [1.82, 2.24) is 0 Å². The molecule has 3 aliphatic rings. The van der Waals surface area contributed by atoms with Crippen LogP contribution < -0.4 is 11.1 Å². The number of hydrogen-bond donors (Lipinski definition) is 2. The molecule has 100 valence electrons. The molecule has 2 bridgehead atoms. The molecule has 4 rings (SSSR count). The Bertz CT molecular complexity index is 543. The van der Waals surface area contributed by atoms with Gasteiger partial charge in [-0.05, 0) is 61.1 Å².